The first-order valence-electron chi connectivity index (χ1n) is 7.21. The van der Waals surface area contributed by atoms with Gasteiger partial charge in [0.1, 0.15) is 0 Å². The van der Waals surface area contributed by atoms with E-state index < -0.39 is 5.92 Å². The summed E-state index contributed by atoms with van der Waals surface area (Å²) < 4.78 is 4.84. The number of carbonyl (C=O) groups excluding carboxylic acids is 2. The van der Waals surface area contributed by atoms with Crippen LogP contribution in [-0.4, -0.2) is 40.7 Å². The van der Waals surface area contributed by atoms with Crippen LogP contribution in [0.25, 0.3) is 0 Å². The molecule has 2 N–H and O–H groups in total. The van der Waals surface area contributed by atoms with Crippen LogP contribution in [0.3, 0.4) is 0 Å². The summed E-state index contributed by atoms with van der Waals surface area (Å²) in [5, 5.41) is 8.92. The standard InChI is InChI=1S/C15H17N5O3/c1-9-3-5-11(6-4-9)20-8-10(7-12(20)21)13(22)16-14-17-15(23-2)19-18-14/h3-6,10H,7-8H2,1-2H3,(H2,16,17,18,19,22). The Labute approximate surface area is 132 Å². The quantitative estimate of drug-likeness (QED) is 0.880. The van der Waals surface area contributed by atoms with Crippen molar-refractivity contribution in [3.8, 4) is 6.01 Å². The summed E-state index contributed by atoms with van der Waals surface area (Å²) in [6, 6.07) is 7.79. The van der Waals surface area contributed by atoms with Gasteiger partial charge in [-0.15, -0.1) is 5.10 Å². The van der Waals surface area contributed by atoms with E-state index in [1.807, 2.05) is 31.2 Å². The van der Waals surface area contributed by atoms with Crippen molar-refractivity contribution in [1.82, 2.24) is 15.2 Å². The number of aromatic nitrogens is 3. The molecule has 23 heavy (non-hydrogen) atoms. The summed E-state index contributed by atoms with van der Waals surface area (Å²) in [5.41, 5.74) is 1.92. The van der Waals surface area contributed by atoms with E-state index in [1.165, 1.54) is 7.11 Å². The first-order valence-corrected chi connectivity index (χ1v) is 7.21. The van der Waals surface area contributed by atoms with Gasteiger partial charge in [0.25, 0.3) is 0 Å². The van der Waals surface area contributed by atoms with E-state index in [4.69, 9.17) is 4.74 Å². The van der Waals surface area contributed by atoms with E-state index in [1.54, 1.807) is 4.90 Å². The van der Waals surface area contributed by atoms with Gasteiger partial charge in [-0.25, -0.2) is 5.10 Å². The van der Waals surface area contributed by atoms with E-state index in [0.717, 1.165) is 11.3 Å². The number of ether oxygens (including phenoxy) is 1. The van der Waals surface area contributed by atoms with Crippen molar-refractivity contribution in [2.24, 2.45) is 5.92 Å². The van der Waals surface area contributed by atoms with Gasteiger partial charge in [-0.2, -0.15) is 4.98 Å². The number of aromatic amines is 1. The highest BCUT2D eigenvalue weighted by Gasteiger charge is 2.35. The fourth-order valence-electron chi connectivity index (χ4n) is 2.47. The zero-order valence-electron chi connectivity index (χ0n) is 12.9. The highest BCUT2D eigenvalue weighted by Crippen LogP contribution is 2.26. The molecule has 1 atom stereocenters. The number of rotatable bonds is 4. The van der Waals surface area contributed by atoms with E-state index in [9.17, 15) is 9.59 Å². The third-order valence-electron chi connectivity index (χ3n) is 3.73. The van der Waals surface area contributed by atoms with E-state index in [2.05, 4.69) is 20.5 Å². The first kappa shape index (κ1) is 15.0. The molecule has 1 fully saturated rings. The Bertz CT molecular complexity index is 725. The van der Waals surface area contributed by atoms with Crippen LogP contribution in [0, 0.1) is 12.8 Å². The second-order valence-corrected chi connectivity index (χ2v) is 5.40. The summed E-state index contributed by atoms with van der Waals surface area (Å²) in [6.07, 6.45) is 0.172. The van der Waals surface area contributed by atoms with Gasteiger partial charge >= 0.3 is 6.01 Å². The van der Waals surface area contributed by atoms with Crippen LogP contribution in [0.1, 0.15) is 12.0 Å². The smallest absolute Gasteiger partial charge is 0.336 e. The minimum atomic E-state index is -0.431. The molecule has 1 saturated heterocycles. The van der Waals surface area contributed by atoms with Crippen molar-refractivity contribution in [1.29, 1.82) is 0 Å². The third-order valence-corrected chi connectivity index (χ3v) is 3.73. The largest absolute Gasteiger partial charge is 0.466 e. The van der Waals surface area contributed by atoms with Gasteiger partial charge in [-0.3, -0.25) is 14.9 Å². The normalized spacial score (nSPS) is 17.4. The van der Waals surface area contributed by atoms with Gasteiger partial charge < -0.3 is 9.64 Å². The average molecular weight is 315 g/mol. The minimum absolute atomic E-state index is 0.0656. The lowest BCUT2D eigenvalue weighted by Gasteiger charge is -2.16. The lowest BCUT2D eigenvalue weighted by atomic mass is 10.1. The summed E-state index contributed by atoms with van der Waals surface area (Å²) in [6.45, 7) is 2.33. The number of methoxy groups -OCH3 is 1. The second kappa shape index (κ2) is 6.07. The number of nitrogens with zero attached hydrogens (tertiary/aromatic N) is 3. The maximum absolute atomic E-state index is 12.3. The molecular weight excluding hydrogens is 298 g/mol. The molecule has 8 heteroatoms. The highest BCUT2D eigenvalue weighted by molar-refractivity contribution is 6.03. The van der Waals surface area contributed by atoms with Gasteiger partial charge in [0.05, 0.1) is 13.0 Å². The number of H-pyrrole nitrogens is 1. The zero-order valence-corrected chi connectivity index (χ0v) is 12.9. The SMILES string of the molecule is COc1n[nH]c(NC(=O)C2CC(=O)N(c3ccc(C)cc3)C2)n1. The molecule has 2 heterocycles. The molecule has 1 aliphatic heterocycles. The van der Waals surface area contributed by atoms with Gasteiger partial charge in [0.15, 0.2) is 0 Å². The fraction of sp³-hybridized carbons (Fsp3) is 0.333. The van der Waals surface area contributed by atoms with Crippen molar-refractivity contribution in [3.63, 3.8) is 0 Å². The predicted octanol–water partition coefficient (Wildman–Crippen LogP) is 1.11. The second-order valence-electron chi connectivity index (χ2n) is 5.40. The van der Waals surface area contributed by atoms with Crippen LogP contribution >= 0.6 is 0 Å². The monoisotopic (exact) mass is 315 g/mol. The molecule has 0 radical (unpaired) electrons. The number of anilines is 2. The number of aryl methyl sites for hydroxylation is 1. The van der Waals surface area contributed by atoms with Crippen LogP contribution in [0.4, 0.5) is 11.6 Å². The molecule has 8 nitrogen and oxygen atoms in total. The van der Waals surface area contributed by atoms with Crippen molar-refractivity contribution in [2.75, 3.05) is 23.9 Å². The lowest BCUT2D eigenvalue weighted by molar-refractivity contribution is -0.122. The van der Waals surface area contributed by atoms with Gasteiger partial charge in [0, 0.05) is 18.7 Å². The Kier molecular flexibility index (Phi) is 3.96. The number of carbonyl (C=O) groups is 2. The number of amides is 2. The molecule has 1 unspecified atom stereocenters. The zero-order chi connectivity index (χ0) is 16.4. The molecule has 1 aromatic heterocycles. The van der Waals surface area contributed by atoms with Gasteiger partial charge in [-0.05, 0) is 19.1 Å². The Morgan fingerprint density at radius 3 is 2.78 bits per heavy atom. The van der Waals surface area contributed by atoms with Crippen LogP contribution in [-0.2, 0) is 9.59 Å². The van der Waals surface area contributed by atoms with E-state index >= 15 is 0 Å². The minimum Gasteiger partial charge on any atom is -0.466 e. The van der Waals surface area contributed by atoms with E-state index in [-0.39, 0.29) is 30.2 Å². The summed E-state index contributed by atoms with van der Waals surface area (Å²) in [7, 11) is 1.43. The fourth-order valence-corrected chi connectivity index (χ4v) is 2.47. The molecule has 0 aliphatic carbocycles. The Morgan fingerprint density at radius 1 is 1.39 bits per heavy atom. The van der Waals surface area contributed by atoms with E-state index in [0.29, 0.717) is 6.54 Å². The molecule has 0 spiro atoms. The average Bonchev–Trinajstić information content (AvgIpc) is 3.15. The Morgan fingerprint density at radius 2 is 2.13 bits per heavy atom. The molecular formula is C15H17N5O3. The number of nitrogens with one attached hydrogen (secondary N) is 2. The third kappa shape index (κ3) is 3.15. The molecule has 120 valence electrons. The van der Waals surface area contributed by atoms with Crippen LogP contribution in [0.15, 0.2) is 24.3 Å². The predicted molar refractivity (Wildman–Crippen MR) is 83.2 cm³/mol. The number of hydrogen-bond acceptors (Lipinski definition) is 5. The van der Waals surface area contributed by atoms with Gasteiger partial charge in [-0.1, -0.05) is 17.7 Å². The molecule has 1 aromatic carbocycles. The van der Waals surface area contributed by atoms with Crippen molar-refractivity contribution in [3.05, 3.63) is 29.8 Å². The summed E-state index contributed by atoms with van der Waals surface area (Å²) in [4.78, 5) is 30.0. The molecule has 2 aromatic rings. The molecule has 3 rings (SSSR count). The topological polar surface area (TPSA) is 100 Å². The van der Waals surface area contributed by atoms with Crippen molar-refractivity contribution < 1.29 is 14.3 Å². The first-order chi connectivity index (χ1) is 11.1. The van der Waals surface area contributed by atoms with Crippen LogP contribution in [0.5, 0.6) is 6.01 Å². The number of benzene rings is 1. The van der Waals surface area contributed by atoms with Crippen molar-refractivity contribution >= 4 is 23.5 Å². The van der Waals surface area contributed by atoms with Crippen molar-refractivity contribution in [2.45, 2.75) is 13.3 Å². The Balaban J connectivity index is 1.66. The number of hydrogen-bond donors (Lipinski definition) is 2. The Hall–Kier alpha value is -2.90. The molecule has 0 bridgehead atoms. The van der Waals surface area contributed by atoms with Gasteiger partial charge in [0.2, 0.25) is 17.8 Å². The van der Waals surface area contributed by atoms with Crippen LogP contribution < -0.4 is 15.0 Å². The summed E-state index contributed by atoms with van der Waals surface area (Å²) >= 11 is 0. The molecule has 2 amide bonds. The molecule has 0 saturated carbocycles. The van der Waals surface area contributed by atoms with Crippen LogP contribution in [0.2, 0.25) is 0 Å². The maximum atomic E-state index is 12.3. The summed E-state index contributed by atoms with van der Waals surface area (Å²) in [5.74, 6) is -0.566. The lowest BCUT2D eigenvalue weighted by Crippen LogP contribution is -2.28. The molecule has 1 aliphatic rings. The maximum Gasteiger partial charge on any atom is 0.336 e. The highest BCUT2D eigenvalue weighted by atomic mass is 16.5.